The number of nitrogens with zero attached hydrogens (tertiary/aromatic N) is 6. The Hall–Kier alpha value is -3.91. The highest BCUT2D eigenvalue weighted by atomic mass is 35.5. The van der Waals surface area contributed by atoms with Crippen molar-refractivity contribution < 1.29 is 19.0 Å². The van der Waals surface area contributed by atoms with Crippen molar-refractivity contribution in [2.75, 3.05) is 62.3 Å². The molecule has 0 N–H and O–H groups in total. The summed E-state index contributed by atoms with van der Waals surface area (Å²) in [6.45, 7) is 18.0. The smallest absolute Gasteiger partial charge is 0.318 e. The highest BCUT2D eigenvalue weighted by Gasteiger charge is 2.35. The zero-order chi connectivity index (χ0) is 31.3. The largest absolute Gasteiger partial charge is 0.461 e. The molecule has 0 bridgehead atoms. The normalized spacial score (nSPS) is 19.6. The third kappa shape index (κ3) is 6.86. The Labute approximate surface area is 269 Å². The van der Waals surface area contributed by atoms with E-state index in [1.807, 2.05) is 19.1 Å². The molecule has 45 heavy (non-hydrogen) atoms. The van der Waals surface area contributed by atoms with Crippen LogP contribution in [0.3, 0.4) is 0 Å². The van der Waals surface area contributed by atoms with Crippen LogP contribution in [0.25, 0.3) is 15.6 Å². The first-order valence-corrected chi connectivity index (χ1v) is 16.0. The van der Waals surface area contributed by atoms with Gasteiger partial charge in [-0.2, -0.15) is 9.97 Å². The minimum atomic E-state index is -0.262. The van der Waals surface area contributed by atoms with Crippen LogP contribution in [0, 0.1) is 6.57 Å². The first-order chi connectivity index (χ1) is 21.9. The molecule has 3 aliphatic rings. The minimum absolute atomic E-state index is 0.137. The van der Waals surface area contributed by atoms with Gasteiger partial charge in [-0.3, -0.25) is 4.79 Å². The molecule has 2 aromatic carbocycles. The maximum Gasteiger partial charge on any atom is 0.318 e. The van der Waals surface area contributed by atoms with Crippen LogP contribution in [0.2, 0.25) is 5.02 Å². The molecule has 0 saturated carbocycles. The standard InChI is InChI=1S/C34H39ClN6O4/c1-4-31(42)41-16-15-40(20-25(41)19-36-3)33-27-11-14-39(30-10-6-8-24-7-5-9-28(35)32(24)30)21-29(27)37-34(38-33)44-22-23(2)45-26-12-17-43-18-13-26/h4-10,23,25-26H,1,11-22H2,2H3/t23-,25-/m0/s1. The molecule has 6 rings (SSSR count). The van der Waals surface area contributed by atoms with Crippen molar-refractivity contribution in [2.45, 2.75) is 51.0 Å². The number of fused-ring (bicyclic) bond motifs is 2. The molecular weight excluding hydrogens is 592 g/mol. The van der Waals surface area contributed by atoms with Crippen molar-refractivity contribution in [1.82, 2.24) is 14.9 Å². The molecule has 4 heterocycles. The van der Waals surface area contributed by atoms with E-state index in [4.69, 9.17) is 42.4 Å². The van der Waals surface area contributed by atoms with Gasteiger partial charge < -0.3 is 33.8 Å². The number of ether oxygens (including phenoxy) is 3. The molecule has 1 amide bonds. The van der Waals surface area contributed by atoms with E-state index in [0.29, 0.717) is 52.0 Å². The zero-order valence-electron chi connectivity index (χ0n) is 25.7. The number of piperazine rings is 1. The molecule has 2 fully saturated rings. The predicted molar refractivity (Wildman–Crippen MR) is 175 cm³/mol. The van der Waals surface area contributed by atoms with Crippen LogP contribution >= 0.6 is 11.6 Å². The number of amides is 1. The molecular formula is C34H39ClN6O4. The fourth-order valence-corrected chi connectivity index (χ4v) is 6.83. The zero-order valence-corrected chi connectivity index (χ0v) is 26.4. The topological polar surface area (TPSA) is 84.6 Å². The van der Waals surface area contributed by atoms with E-state index < -0.39 is 0 Å². The summed E-state index contributed by atoms with van der Waals surface area (Å²) >= 11 is 6.71. The van der Waals surface area contributed by atoms with E-state index in [9.17, 15) is 4.79 Å². The van der Waals surface area contributed by atoms with E-state index in [1.54, 1.807) is 4.90 Å². The number of rotatable bonds is 9. The number of carbonyl (C=O) groups excluding carboxylic acids is 1. The van der Waals surface area contributed by atoms with Gasteiger partial charge in [0.15, 0.2) is 0 Å². The highest BCUT2D eigenvalue weighted by Crippen LogP contribution is 2.37. The molecule has 0 aliphatic carbocycles. The predicted octanol–water partition coefficient (Wildman–Crippen LogP) is 4.93. The summed E-state index contributed by atoms with van der Waals surface area (Å²) < 4.78 is 17.9. The highest BCUT2D eigenvalue weighted by molar-refractivity contribution is 6.36. The monoisotopic (exact) mass is 630 g/mol. The Morgan fingerprint density at radius 2 is 1.98 bits per heavy atom. The molecule has 3 aromatic rings. The second-order valence-electron chi connectivity index (χ2n) is 11.8. The van der Waals surface area contributed by atoms with Crippen LogP contribution in [0.4, 0.5) is 11.5 Å². The Morgan fingerprint density at radius 3 is 2.76 bits per heavy atom. The van der Waals surface area contributed by atoms with Gasteiger partial charge in [-0.25, -0.2) is 6.57 Å². The quantitative estimate of drug-likeness (QED) is 0.243. The third-order valence-electron chi connectivity index (χ3n) is 8.78. The van der Waals surface area contributed by atoms with Crippen molar-refractivity contribution in [3.63, 3.8) is 0 Å². The summed E-state index contributed by atoms with van der Waals surface area (Å²) in [5, 5.41) is 2.84. The van der Waals surface area contributed by atoms with E-state index in [-0.39, 0.29) is 30.7 Å². The van der Waals surface area contributed by atoms with E-state index in [0.717, 1.165) is 64.4 Å². The van der Waals surface area contributed by atoms with E-state index in [2.05, 4.69) is 45.5 Å². The number of hydrogen-bond donors (Lipinski definition) is 0. The van der Waals surface area contributed by atoms with Crippen LogP contribution in [-0.2, 0) is 27.2 Å². The first kappa shape index (κ1) is 31.1. The number of halogens is 1. The van der Waals surface area contributed by atoms with Crippen LogP contribution in [0.15, 0.2) is 49.1 Å². The fourth-order valence-electron chi connectivity index (χ4n) is 6.55. The lowest BCUT2D eigenvalue weighted by Gasteiger charge is -2.41. The average Bonchev–Trinajstić information content (AvgIpc) is 3.07. The molecule has 2 atom stereocenters. The summed E-state index contributed by atoms with van der Waals surface area (Å²) in [4.78, 5) is 32.3. The van der Waals surface area contributed by atoms with E-state index >= 15 is 0 Å². The Balaban J connectivity index is 1.29. The van der Waals surface area contributed by atoms with Crippen molar-refractivity contribution in [3.05, 3.63) is 76.8 Å². The lowest BCUT2D eigenvalue weighted by Crippen LogP contribution is -2.56. The van der Waals surface area contributed by atoms with Gasteiger partial charge in [0.05, 0.1) is 29.5 Å². The molecule has 0 unspecified atom stereocenters. The van der Waals surface area contributed by atoms with Crippen molar-refractivity contribution in [2.24, 2.45) is 0 Å². The third-order valence-corrected chi connectivity index (χ3v) is 9.09. The van der Waals surface area contributed by atoms with Crippen LogP contribution in [0.5, 0.6) is 6.01 Å². The van der Waals surface area contributed by atoms with Gasteiger partial charge in [-0.1, -0.05) is 42.4 Å². The van der Waals surface area contributed by atoms with Crippen molar-refractivity contribution in [1.29, 1.82) is 0 Å². The van der Waals surface area contributed by atoms with Gasteiger partial charge in [0.25, 0.3) is 0 Å². The summed E-state index contributed by atoms with van der Waals surface area (Å²) in [5.41, 5.74) is 3.04. The van der Waals surface area contributed by atoms with Gasteiger partial charge in [0.1, 0.15) is 18.5 Å². The summed E-state index contributed by atoms with van der Waals surface area (Å²) in [6, 6.07) is 12.3. The lowest BCUT2D eigenvalue weighted by molar-refractivity contribution is -0.128. The summed E-state index contributed by atoms with van der Waals surface area (Å²) in [7, 11) is 0. The average molecular weight is 631 g/mol. The van der Waals surface area contributed by atoms with Gasteiger partial charge in [-0.05, 0) is 49.8 Å². The van der Waals surface area contributed by atoms with Gasteiger partial charge in [0, 0.05) is 56.0 Å². The second-order valence-corrected chi connectivity index (χ2v) is 12.2. The lowest BCUT2D eigenvalue weighted by atomic mass is 10.0. The van der Waals surface area contributed by atoms with E-state index in [1.165, 1.54) is 6.08 Å². The summed E-state index contributed by atoms with van der Waals surface area (Å²) in [6.07, 6.45) is 3.83. The molecule has 0 spiro atoms. The number of carbonyl (C=O) groups is 1. The van der Waals surface area contributed by atoms with Gasteiger partial charge in [-0.15, -0.1) is 0 Å². The number of benzene rings is 2. The fraction of sp³-hybridized carbons (Fsp3) is 0.471. The maximum atomic E-state index is 12.6. The Morgan fingerprint density at radius 1 is 1.18 bits per heavy atom. The van der Waals surface area contributed by atoms with Crippen molar-refractivity contribution >= 4 is 39.8 Å². The number of anilines is 2. The molecule has 11 heteroatoms. The SMILES string of the molecule is [C-]#[N+]C[C@H]1CN(c2nc(OC[C@H](C)OC3CCOCC3)nc3c2CCN(c2cccc4cccc(Cl)c24)C3)CCN1C(=O)C=C. The molecule has 0 radical (unpaired) electrons. The Kier molecular flexibility index (Phi) is 9.69. The second kappa shape index (κ2) is 14.0. The molecule has 236 valence electrons. The van der Waals surface area contributed by atoms with Crippen molar-refractivity contribution in [3.8, 4) is 6.01 Å². The van der Waals surface area contributed by atoms with Crippen LogP contribution in [0.1, 0.15) is 31.0 Å². The van der Waals surface area contributed by atoms with Crippen LogP contribution in [-0.4, -0.2) is 91.6 Å². The molecule has 3 aliphatic heterocycles. The summed E-state index contributed by atoms with van der Waals surface area (Å²) in [5.74, 6) is 0.657. The van der Waals surface area contributed by atoms with Gasteiger partial charge >= 0.3 is 6.01 Å². The molecule has 10 nitrogen and oxygen atoms in total. The Bertz CT molecular complexity index is 1580. The first-order valence-electron chi connectivity index (χ1n) is 15.6. The van der Waals surface area contributed by atoms with Crippen LogP contribution < -0.4 is 14.5 Å². The minimum Gasteiger partial charge on any atom is -0.461 e. The number of aromatic nitrogens is 2. The maximum absolute atomic E-state index is 12.6. The molecule has 1 aromatic heterocycles. The molecule has 2 saturated heterocycles. The van der Waals surface area contributed by atoms with Gasteiger partial charge in [0.2, 0.25) is 12.5 Å². The number of hydrogen-bond acceptors (Lipinski definition) is 8.